The highest BCUT2D eigenvalue weighted by Gasteiger charge is 2.55. The molecule has 8 rings (SSSR count). The van der Waals surface area contributed by atoms with Crippen molar-refractivity contribution in [3.63, 3.8) is 0 Å². The zero-order valence-corrected chi connectivity index (χ0v) is 26.5. The number of carbonyl (C=O) groups excluding carboxylic acids is 1. The number of imidazole rings is 1. The van der Waals surface area contributed by atoms with Crippen LogP contribution in [0.15, 0.2) is 97.6 Å². The third kappa shape index (κ3) is 5.23. The first kappa shape index (κ1) is 30.5. The third-order valence-electron chi connectivity index (χ3n) is 8.67. The zero-order chi connectivity index (χ0) is 33.8. The summed E-state index contributed by atoms with van der Waals surface area (Å²) in [6.07, 6.45) is 4.58. The lowest BCUT2D eigenvalue weighted by Crippen LogP contribution is -2.37. The number of hydrogen-bond acceptors (Lipinski definition) is 11. The van der Waals surface area contributed by atoms with E-state index >= 15 is 0 Å². The maximum atomic E-state index is 13.7. The first-order valence-corrected chi connectivity index (χ1v) is 15.7. The van der Waals surface area contributed by atoms with Crippen molar-refractivity contribution in [3.05, 3.63) is 120 Å². The van der Waals surface area contributed by atoms with E-state index in [4.69, 9.17) is 29.4 Å². The van der Waals surface area contributed by atoms with Gasteiger partial charge in [-0.1, -0.05) is 72.8 Å². The fraction of sp³-hybridized carbons (Fsp3) is 0.250. The lowest BCUT2D eigenvalue weighted by molar-refractivity contribution is -0.191. The molecule has 13 nitrogen and oxygen atoms in total. The summed E-state index contributed by atoms with van der Waals surface area (Å²) in [5.74, 6) is -1.83. The molecule has 5 aromatic rings. The van der Waals surface area contributed by atoms with Gasteiger partial charge in [0, 0.05) is 23.7 Å². The number of aromatic nitrogens is 4. The smallest absolute Gasteiger partial charge is 0.305 e. The van der Waals surface area contributed by atoms with Crippen molar-refractivity contribution in [2.24, 2.45) is 0 Å². The highest BCUT2D eigenvalue weighted by Crippen LogP contribution is 2.50. The number of nitrogens with one attached hydrogen (secondary N) is 1. The Bertz CT molecular complexity index is 2090. The van der Waals surface area contributed by atoms with Crippen molar-refractivity contribution in [2.75, 3.05) is 12.3 Å². The van der Waals surface area contributed by atoms with Crippen LogP contribution >= 0.6 is 0 Å². The van der Waals surface area contributed by atoms with Gasteiger partial charge in [-0.3, -0.25) is 9.36 Å². The van der Waals surface area contributed by atoms with E-state index in [9.17, 15) is 10.1 Å². The van der Waals surface area contributed by atoms with Gasteiger partial charge in [0.1, 0.15) is 30.2 Å². The second-order valence-corrected chi connectivity index (χ2v) is 12.3. The Morgan fingerprint density at radius 2 is 1.71 bits per heavy atom. The van der Waals surface area contributed by atoms with Gasteiger partial charge in [-0.25, -0.2) is 15.0 Å². The maximum absolute atomic E-state index is 13.7. The zero-order valence-electron chi connectivity index (χ0n) is 26.5. The summed E-state index contributed by atoms with van der Waals surface area (Å²) in [5, 5.41) is 12.7. The van der Waals surface area contributed by atoms with Crippen molar-refractivity contribution in [1.82, 2.24) is 24.8 Å². The van der Waals surface area contributed by atoms with E-state index in [0.717, 1.165) is 11.1 Å². The van der Waals surface area contributed by atoms with Crippen LogP contribution in [0.4, 0.5) is 5.82 Å². The summed E-state index contributed by atoms with van der Waals surface area (Å²) < 4.78 is 33.7. The van der Waals surface area contributed by atoms with Gasteiger partial charge < -0.3 is 34.7 Å². The largest absolute Gasteiger partial charge is 0.440 e. The number of nitrogen functional groups attached to an aromatic ring is 1. The number of hydrogen-bond donors (Lipinski definition) is 2. The lowest BCUT2D eigenvalue weighted by atomic mass is 9.97. The number of nitriles is 1. The number of carbonyl (C=O) groups is 1. The molecule has 2 fully saturated rings. The van der Waals surface area contributed by atoms with Crippen LogP contribution < -0.4 is 20.5 Å². The molecule has 3 N–H and O–H groups in total. The molecule has 1 amide bonds. The van der Waals surface area contributed by atoms with Crippen LogP contribution in [0.1, 0.15) is 47.1 Å². The molecule has 2 saturated heterocycles. The van der Waals surface area contributed by atoms with Crippen LogP contribution in [0.3, 0.4) is 0 Å². The van der Waals surface area contributed by atoms with Gasteiger partial charge in [-0.15, -0.1) is 0 Å². The summed E-state index contributed by atoms with van der Waals surface area (Å²) in [5.41, 5.74) is 8.90. The quantitative estimate of drug-likeness (QED) is 0.239. The number of fused-ring (bicyclic) bond motifs is 3. The summed E-state index contributed by atoms with van der Waals surface area (Å²) in [4.78, 5) is 26.4. The van der Waals surface area contributed by atoms with E-state index in [0.29, 0.717) is 16.9 Å². The second-order valence-electron chi connectivity index (χ2n) is 12.3. The molecule has 0 saturated carbocycles. The summed E-state index contributed by atoms with van der Waals surface area (Å²) in [7, 11) is 0. The standard InChI is InChI=1S/C36H31N7O6/c1-35(2)47-29-25(45-34(30(29)48-35)43-20-42-27-31(38)40-19-41-32(27)43)14-9-15-39-33(44)24-16-21(18-37)17-26-28(24)49-36(46-26,22-10-5-3-6-11-22)23-12-7-4-8-13-23/h3-14,16-17,19-20,25,29-30,34H,15H2,1-2H3,(H,39,44)(H2,38,40,41)/t25-,29-,30-,34-/m1/s1. The van der Waals surface area contributed by atoms with E-state index in [2.05, 4.69) is 26.3 Å². The Morgan fingerprint density at radius 1 is 1.00 bits per heavy atom. The molecule has 49 heavy (non-hydrogen) atoms. The van der Waals surface area contributed by atoms with Crippen molar-refractivity contribution in [1.29, 1.82) is 5.26 Å². The van der Waals surface area contributed by atoms with Gasteiger partial charge in [-0.05, 0) is 19.9 Å². The molecule has 13 heteroatoms. The Hall–Kier alpha value is -5.81. The lowest BCUT2D eigenvalue weighted by Gasteiger charge is -2.28. The number of anilines is 1. The maximum Gasteiger partial charge on any atom is 0.305 e. The van der Waals surface area contributed by atoms with Crippen molar-refractivity contribution in [2.45, 2.75) is 50.0 Å². The predicted molar refractivity (Wildman–Crippen MR) is 175 cm³/mol. The van der Waals surface area contributed by atoms with E-state index in [1.54, 1.807) is 23.0 Å². The molecule has 0 unspecified atom stereocenters. The van der Waals surface area contributed by atoms with Gasteiger partial charge in [0.25, 0.3) is 5.91 Å². The topological polar surface area (TPSA) is 169 Å². The molecule has 4 atom stereocenters. The molecular weight excluding hydrogens is 626 g/mol. The van der Waals surface area contributed by atoms with E-state index in [1.165, 1.54) is 12.4 Å². The molecule has 2 aromatic heterocycles. The predicted octanol–water partition coefficient (Wildman–Crippen LogP) is 4.36. The van der Waals surface area contributed by atoms with E-state index in [-0.39, 0.29) is 29.2 Å². The third-order valence-corrected chi connectivity index (χ3v) is 8.67. The highest BCUT2D eigenvalue weighted by atomic mass is 16.8. The van der Waals surface area contributed by atoms with E-state index in [1.807, 2.05) is 80.6 Å². The van der Waals surface area contributed by atoms with Crippen LogP contribution in [0.5, 0.6) is 11.5 Å². The number of benzene rings is 3. The molecule has 246 valence electrons. The molecular formula is C36H31N7O6. The number of nitrogens with two attached hydrogens (primary N) is 1. The Morgan fingerprint density at radius 3 is 2.43 bits per heavy atom. The minimum absolute atomic E-state index is 0.150. The second kappa shape index (κ2) is 11.7. The average molecular weight is 658 g/mol. The van der Waals surface area contributed by atoms with Gasteiger partial charge in [0.2, 0.25) is 0 Å². The molecule has 3 aliphatic heterocycles. The average Bonchev–Trinajstić information content (AvgIpc) is 3.88. The minimum atomic E-state index is -1.35. The van der Waals surface area contributed by atoms with Crippen LogP contribution in [-0.2, 0) is 20.0 Å². The number of rotatable bonds is 7. The minimum Gasteiger partial charge on any atom is -0.440 e. The van der Waals surface area contributed by atoms with E-state index < -0.39 is 42.0 Å². The molecule has 3 aliphatic rings. The van der Waals surface area contributed by atoms with Crippen LogP contribution in [0, 0.1) is 11.3 Å². The molecule has 0 spiro atoms. The monoisotopic (exact) mass is 657 g/mol. The normalized spacial score (nSPS) is 23.0. The van der Waals surface area contributed by atoms with Crippen molar-refractivity contribution < 1.29 is 28.5 Å². The van der Waals surface area contributed by atoms with Gasteiger partial charge in [0.05, 0.1) is 23.5 Å². The fourth-order valence-corrected chi connectivity index (χ4v) is 6.55. The van der Waals surface area contributed by atoms with Crippen LogP contribution in [-0.4, -0.2) is 56.1 Å². The van der Waals surface area contributed by atoms with Crippen molar-refractivity contribution in [3.8, 4) is 17.6 Å². The Labute approximate surface area is 280 Å². The first-order chi connectivity index (χ1) is 23.8. The Balaban J connectivity index is 1.03. The fourth-order valence-electron chi connectivity index (χ4n) is 6.55. The first-order valence-electron chi connectivity index (χ1n) is 15.7. The molecule has 0 radical (unpaired) electrons. The van der Waals surface area contributed by atoms with Crippen molar-refractivity contribution >= 4 is 22.9 Å². The SMILES string of the molecule is CC1(C)O[C@@H]2[C@H](O1)[C@@H](C=CCNC(=O)c1cc(C#N)cc3c1OC(c1ccccc1)(c1ccccc1)O3)O[C@H]2n1cnc2c(N)ncnc21. The van der Waals surface area contributed by atoms with Crippen LogP contribution in [0.2, 0.25) is 0 Å². The molecule has 0 aliphatic carbocycles. The number of nitrogens with zero attached hydrogens (tertiary/aromatic N) is 5. The summed E-state index contributed by atoms with van der Waals surface area (Å²) in [6, 6.07) is 24.2. The summed E-state index contributed by atoms with van der Waals surface area (Å²) in [6.45, 7) is 3.84. The Kier molecular flexibility index (Phi) is 7.29. The molecule has 3 aromatic carbocycles. The number of amides is 1. The summed E-state index contributed by atoms with van der Waals surface area (Å²) >= 11 is 0. The number of ether oxygens (including phenoxy) is 5. The van der Waals surface area contributed by atoms with Gasteiger partial charge in [0.15, 0.2) is 35.0 Å². The molecule has 5 heterocycles. The molecule has 0 bridgehead atoms. The van der Waals surface area contributed by atoms with Crippen LogP contribution in [0.25, 0.3) is 11.2 Å². The van der Waals surface area contributed by atoms with Gasteiger partial charge in [-0.2, -0.15) is 5.26 Å². The van der Waals surface area contributed by atoms with Gasteiger partial charge >= 0.3 is 5.79 Å². The highest BCUT2D eigenvalue weighted by molar-refractivity contribution is 5.98.